The van der Waals surface area contributed by atoms with Gasteiger partial charge in [-0.25, -0.2) is 0 Å². The summed E-state index contributed by atoms with van der Waals surface area (Å²) in [6.07, 6.45) is -2.97. The molecule has 0 aliphatic carbocycles. The van der Waals surface area contributed by atoms with Crippen LogP contribution in [-0.4, -0.2) is 32.9 Å². The Morgan fingerprint density at radius 3 is 2.14 bits per heavy atom. The summed E-state index contributed by atoms with van der Waals surface area (Å²) in [5.41, 5.74) is -0.0793. The van der Waals surface area contributed by atoms with Crippen molar-refractivity contribution in [2.24, 2.45) is 0 Å². The highest BCUT2D eigenvalue weighted by atomic mass is 28.4. The molecule has 0 aromatic rings. The van der Waals surface area contributed by atoms with Gasteiger partial charge < -0.3 is 13.9 Å². The molecular formula is C15H28F2O3Si. The maximum Gasteiger partial charge on any atom is 0.271 e. The minimum Gasteiger partial charge on any atom is -0.414 e. The van der Waals surface area contributed by atoms with Crippen molar-refractivity contribution >= 4 is 8.32 Å². The van der Waals surface area contributed by atoms with Crippen LogP contribution in [-0.2, 0) is 13.9 Å². The predicted octanol–water partition coefficient (Wildman–Crippen LogP) is 4.70. The van der Waals surface area contributed by atoms with E-state index in [0.29, 0.717) is 0 Å². The average Bonchev–Trinajstić information content (AvgIpc) is 2.59. The second-order valence-corrected chi connectivity index (χ2v) is 12.4. The lowest BCUT2D eigenvalue weighted by atomic mass is 10.1. The monoisotopic (exact) mass is 322 g/mol. The van der Waals surface area contributed by atoms with Crippen molar-refractivity contribution in [3.8, 4) is 0 Å². The molecule has 0 radical (unpaired) electrons. The van der Waals surface area contributed by atoms with Crippen molar-refractivity contribution in [3.05, 3.63) is 11.7 Å². The number of hydrogen-bond acceptors (Lipinski definition) is 3. The van der Waals surface area contributed by atoms with E-state index in [9.17, 15) is 8.78 Å². The molecule has 0 aromatic heterocycles. The standard InChI is InChI=1S/C15H28F2O3Si/c1-10(13(16)17)12-11(19-15(5,6)20-12)9-18-21(7,8)14(2,3)4/h11-12H,9H2,1-8H3/t11-,12-/m0/s1. The van der Waals surface area contributed by atoms with Gasteiger partial charge in [-0.1, -0.05) is 20.8 Å². The van der Waals surface area contributed by atoms with Gasteiger partial charge in [0.2, 0.25) is 0 Å². The molecule has 6 heteroatoms. The fourth-order valence-corrected chi connectivity index (χ4v) is 2.95. The van der Waals surface area contributed by atoms with Gasteiger partial charge in [0.25, 0.3) is 6.08 Å². The van der Waals surface area contributed by atoms with Gasteiger partial charge in [0.05, 0.1) is 6.61 Å². The highest BCUT2D eigenvalue weighted by Gasteiger charge is 2.45. The zero-order chi connectivity index (χ0) is 16.6. The van der Waals surface area contributed by atoms with Gasteiger partial charge >= 0.3 is 0 Å². The van der Waals surface area contributed by atoms with Gasteiger partial charge in [0, 0.05) is 5.57 Å². The lowest BCUT2D eigenvalue weighted by Gasteiger charge is -2.37. The molecule has 0 N–H and O–H groups in total. The summed E-state index contributed by atoms with van der Waals surface area (Å²) in [6.45, 7) is 15.8. The molecule has 124 valence electrons. The number of ether oxygens (including phenoxy) is 2. The highest BCUT2D eigenvalue weighted by molar-refractivity contribution is 6.74. The van der Waals surface area contributed by atoms with Crippen LogP contribution in [0, 0.1) is 0 Å². The van der Waals surface area contributed by atoms with Crippen LogP contribution in [0.4, 0.5) is 8.78 Å². The maximum absolute atomic E-state index is 12.9. The average molecular weight is 322 g/mol. The van der Waals surface area contributed by atoms with Gasteiger partial charge in [0.1, 0.15) is 12.2 Å². The molecular weight excluding hydrogens is 294 g/mol. The normalized spacial score (nSPS) is 26.0. The SMILES string of the molecule is CC(=C(F)F)[C@@H]1OC(C)(C)O[C@H]1CO[Si](C)(C)C(C)(C)C. The second-order valence-electron chi connectivity index (χ2n) is 7.61. The molecule has 0 amide bonds. The van der Waals surface area contributed by atoms with E-state index in [0.717, 1.165) is 0 Å². The Hall–Kier alpha value is -0.303. The summed E-state index contributed by atoms with van der Waals surface area (Å²) in [4.78, 5) is 0. The molecule has 1 rings (SSSR count). The summed E-state index contributed by atoms with van der Waals surface area (Å²) in [5.74, 6) is -0.872. The molecule has 1 aliphatic heterocycles. The van der Waals surface area contributed by atoms with Gasteiger partial charge in [-0.05, 0) is 38.9 Å². The van der Waals surface area contributed by atoms with Crippen molar-refractivity contribution in [1.82, 2.24) is 0 Å². The maximum atomic E-state index is 12.9. The molecule has 1 heterocycles. The molecule has 21 heavy (non-hydrogen) atoms. The van der Waals surface area contributed by atoms with Crippen molar-refractivity contribution in [3.63, 3.8) is 0 Å². The molecule has 2 atom stereocenters. The molecule has 3 nitrogen and oxygen atoms in total. The smallest absolute Gasteiger partial charge is 0.271 e. The number of hydrogen-bond donors (Lipinski definition) is 0. The van der Waals surface area contributed by atoms with E-state index < -0.39 is 32.4 Å². The van der Waals surface area contributed by atoms with Crippen molar-refractivity contribution in [2.45, 2.75) is 77.7 Å². The summed E-state index contributed by atoms with van der Waals surface area (Å²) in [7, 11) is -1.95. The number of rotatable bonds is 4. The van der Waals surface area contributed by atoms with E-state index in [-0.39, 0.29) is 17.2 Å². The molecule has 0 aromatic carbocycles. The van der Waals surface area contributed by atoms with E-state index in [1.807, 2.05) is 0 Å². The van der Waals surface area contributed by atoms with E-state index >= 15 is 0 Å². The Bertz CT molecular complexity index is 410. The van der Waals surface area contributed by atoms with E-state index in [1.165, 1.54) is 6.92 Å². The first-order valence-corrected chi connectivity index (χ1v) is 10.2. The Morgan fingerprint density at radius 1 is 1.19 bits per heavy atom. The first-order chi connectivity index (χ1) is 9.27. The van der Waals surface area contributed by atoms with E-state index in [4.69, 9.17) is 13.9 Å². The summed E-state index contributed by atoms with van der Waals surface area (Å²) in [6, 6.07) is 0. The molecule has 1 saturated heterocycles. The minimum atomic E-state index is -1.95. The largest absolute Gasteiger partial charge is 0.414 e. The van der Waals surface area contributed by atoms with Gasteiger partial charge in [-0.3, -0.25) is 0 Å². The fraction of sp³-hybridized carbons (Fsp3) is 0.867. The zero-order valence-electron chi connectivity index (χ0n) is 14.3. The predicted molar refractivity (Wildman–Crippen MR) is 81.9 cm³/mol. The molecule has 1 fully saturated rings. The van der Waals surface area contributed by atoms with Gasteiger partial charge in [-0.2, -0.15) is 8.78 Å². The molecule has 1 aliphatic rings. The third kappa shape index (κ3) is 4.58. The van der Waals surface area contributed by atoms with Crippen LogP contribution < -0.4 is 0 Å². The third-order valence-electron chi connectivity index (χ3n) is 4.32. The zero-order valence-corrected chi connectivity index (χ0v) is 15.3. The van der Waals surface area contributed by atoms with Crippen LogP contribution in [0.2, 0.25) is 18.1 Å². The third-order valence-corrected chi connectivity index (χ3v) is 8.82. The van der Waals surface area contributed by atoms with E-state index in [1.54, 1.807) is 13.8 Å². The van der Waals surface area contributed by atoms with Crippen molar-refractivity contribution in [1.29, 1.82) is 0 Å². The Morgan fingerprint density at radius 2 is 1.71 bits per heavy atom. The molecule has 0 saturated carbocycles. The summed E-state index contributed by atoms with van der Waals surface area (Å²) in [5, 5.41) is 0.0632. The van der Waals surface area contributed by atoms with Crippen LogP contribution in [0.1, 0.15) is 41.5 Å². The van der Waals surface area contributed by atoms with E-state index in [2.05, 4.69) is 33.9 Å². The Kier molecular flexibility index (Phi) is 5.41. The molecule has 0 spiro atoms. The van der Waals surface area contributed by atoms with Crippen molar-refractivity contribution < 1.29 is 22.7 Å². The Balaban J connectivity index is 2.83. The fourth-order valence-electron chi connectivity index (χ4n) is 1.94. The first-order valence-electron chi connectivity index (χ1n) is 7.28. The highest BCUT2D eigenvalue weighted by Crippen LogP contribution is 2.38. The lowest BCUT2D eigenvalue weighted by molar-refractivity contribution is -0.146. The van der Waals surface area contributed by atoms with Gasteiger partial charge in [-0.15, -0.1) is 0 Å². The molecule has 0 unspecified atom stereocenters. The van der Waals surface area contributed by atoms with Crippen LogP contribution >= 0.6 is 0 Å². The quantitative estimate of drug-likeness (QED) is 0.702. The van der Waals surface area contributed by atoms with Crippen LogP contribution in [0.5, 0.6) is 0 Å². The molecule has 0 bridgehead atoms. The summed E-state index contributed by atoms with van der Waals surface area (Å²) >= 11 is 0. The van der Waals surface area contributed by atoms with Gasteiger partial charge in [0.15, 0.2) is 14.1 Å². The van der Waals surface area contributed by atoms with Crippen LogP contribution in [0.25, 0.3) is 0 Å². The topological polar surface area (TPSA) is 27.7 Å². The summed E-state index contributed by atoms with van der Waals surface area (Å²) < 4.78 is 43.2. The minimum absolute atomic E-state index is 0.0632. The number of halogens is 2. The van der Waals surface area contributed by atoms with Crippen LogP contribution in [0.3, 0.4) is 0 Å². The lowest BCUT2D eigenvalue weighted by Crippen LogP contribution is -2.44. The Labute approximate surface area is 127 Å². The first kappa shape index (κ1) is 18.7. The van der Waals surface area contributed by atoms with Crippen LogP contribution in [0.15, 0.2) is 11.7 Å². The van der Waals surface area contributed by atoms with Crippen molar-refractivity contribution in [2.75, 3.05) is 6.61 Å². The second kappa shape index (κ2) is 6.06.